The number of ketones is 1. The molecule has 0 aromatic heterocycles. The minimum Gasteiger partial charge on any atom is -0.326 e. The number of nitrogens with one attached hydrogen (secondary N) is 1. The number of carbonyl (C=O) groups excluding carboxylic acids is 3. The van der Waals surface area contributed by atoms with Crippen molar-refractivity contribution in [3.8, 4) is 0 Å². The Morgan fingerprint density at radius 1 is 0.917 bits per heavy atom. The number of hydrogen-bond acceptors (Lipinski definition) is 5. The molecule has 1 aliphatic carbocycles. The van der Waals surface area contributed by atoms with Gasteiger partial charge in [-0.25, -0.2) is 8.42 Å². The van der Waals surface area contributed by atoms with Crippen LogP contribution in [0.15, 0.2) is 47.4 Å². The molecule has 8 nitrogen and oxygen atoms in total. The molecule has 1 saturated heterocycles. The summed E-state index contributed by atoms with van der Waals surface area (Å²) < 4.78 is 28.2. The van der Waals surface area contributed by atoms with Crippen molar-refractivity contribution >= 4 is 39.0 Å². The van der Waals surface area contributed by atoms with Crippen molar-refractivity contribution in [1.82, 2.24) is 4.31 Å². The summed E-state index contributed by atoms with van der Waals surface area (Å²) in [5, 5.41) is 2.87. The topological polar surface area (TPSA) is 104 Å². The van der Waals surface area contributed by atoms with Crippen LogP contribution in [0.2, 0.25) is 0 Å². The monoisotopic (exact) mass is 509 g/mol. The molecule has 36 heavy (non-hydrogen) atoms. The van der Waals surface area contributed by atoms with Crippen molar-refractivity contribution in [3.63, 3.8) is 0 Å². The number of sulfonamides is 1. The predicted octanol–water partition coefficient (Wildman–Crippen LogP) is 3.62. The Kier molecular flexibility index (Phi) is 6.46. The standard InChI is InChI=1S/C27H31N3O5S/c1-17-15-22-16-24(9-10-25(22)30(17)27(33)21-3-4-21)36(34,35)29-13-11-20(12-14-29)26(32)28-23-7-5-19(6-8-23)18(2)31/h5-10,16-17,20-21H,3-4,11-15H2,1-2H3,(H,28,32)/t17-/m0/s1. The number of amides is 2. The highest BCUT2D eigenvalue weighted by atomic mass is 32.2. The highest BCUT2D eigenvalue weighted by Gasteiger charge is 2.40. The fourth-order valence-electron chi connectivity index (χ4n) is 5.17. The fraction of sp³-hybridized carbons (Fsp3) is 0.444. The quantitative estimate of drug-likeness (QED) is 0.599. The maximum absolute atomic E-state index is 13.4. The van der Waals surface area contributed by atoms with Crippen LogP contribution in [0.5, 0.6) is 0 Å². The van der Waals surface area contributed by atoms with Gasteiger partial charge in [0, 0.05) is 47.9 Å². The van der Waals surface area contributed by atoms with E-state index in [-0.39, 0.29) is 53.5 Å². The Bertz CT molecular complexity index is 1310. The lowest BCUT2D eigenvalue weighted by molar-refractivity contribution is -0.121. The summed E-state index contributed by atoms with van der Waals surface area (Å²) in [6.45, 7) is 4.03. The maximum Gasteiger partial charge on any atom is 0.243 e. The summed E-state index contributed by atoms with van der Waals surface area (Å²) >= 11 is 0. The number of anilines is 2. The average molecular weight is 510 g/mol. The number of Topliss-reactive ketones (excluding diaryl/α,β-unsaturated/α-hetero) is 1. The molecule has 2 fully saturated rings. The molecular formula is C27H31N3O5S. The van der Waals surface area contributed by atoms with E-state index in [9.17, 15) is 22.8 Å². The zero-order chi connectivity index (χ0) is 25.6. The van der Waals surface area contributed by atoms with Gasteiger partial charge in [0.15, 0.2) is 5.78 Å². The molecule has 1 atom stereocenters. The molecular weight excluding hydrogens is 478 g/mol. The van der Waals surface area contributed by atoms with Gasteiger partial charge in [0.2, 0.25) is 21.8 Å². The number of carbonyl (C=O) groups is 3. The number of nitrogens with zero attached hydrogens (tertiary/aromatic N) is 2. The summed E-state index contributed by atoms with van der Waals surface area (Å²) in [6.07, 6.45) is 3.38. The summed E-state index contributed by atoms with van der Waals surface area (Å²) in [7, 11) is -3.70. The van der Waals surface area contributed by atoms with Crippen molar-refractivity contribution in [2.24, 2.45) is 11.8 Å². The van der Waals surface area contributed by atoms with Crippen LogP contribution in [-0.4, -0.2) is 49.5 Å². The molecule has 2 aliphatic heterocycles. The zero-order valence-corrected chi connectivity index (χ0v) is 21.4. The van der Waals surface area contributed by atoms with E-state index in [0.29, 0.717) is 30.5 Å². The summed E-state index contributed by atoms with van der Waals surface area (Å²) in [5.41, 5.74) is 2.91. The molecule has 1 saturated carbocycles. The second kappa shape index (κ2) is 9.44. The molecule has 2 amide bonds. The van der Waals surface area contributed by atoms with Crippen LogP contribution in [0.3, 0.4) is 0 Å². The van der Waals surface area contributed by atoms with Crippen LogP contribution >= 0.6 is 0 Å². The van der Waals surface area contributed by atoms with Gasteiger partial charge in [-0.3, -0.25) is 14.4 Å². The Morgan fingerprint density at radius 3 is 2.19 bits per heavy atom. The van der Waals surface area contributed by atoms with Gasteiger partial charge in [0.25, 0.3) is 0 Å². The first-order chi connectivity index (χ1) is 17.1. The third-order valence-corrected chi connectivity index (χ3v) is 9.35. The molecule has 3 aliphatic rings. The predicted molar refractivity (Wildman–Crippen MR) is 136 cm³/mol. The van der Waals surface area contributed by atoms with E-state index in [1.807, 2.05) is 11.8 Å². The molecule has 5 rings (SSSR count). The smallest absolute Gasteiger partial charge is 0.243 e. The van der Waals surface area contributed by atoms with Crippen LogP contribution in [0, 0.1) is 11.8 Å². The van der Waals surface area contributed by atoms with Crippen LogP contribution < -0.4 is 10.2 Å². The van der Waals surface area contributed by atoms with Crippen LogP contribution in [0.25, 0.3) is 0 Å². The molecule has 0 unspecified atom stereocenters. The molecule has 0 radical (unpaired) electrons. The van der Waals surface area contributed by atoms with Gasteiger partial charge in [-0.1, -0.05) is 0 Å². The first-order valence-corrected chi connectivity index (χ1v) is 14.0. The van der Waals surface area contributed by atoms with E-state index in [4.69, 9.17) is 0 Å². The lowest BCUT2D eigenvalue weighted by Crippen LogP contribution is -2.41. The summed E-state index contributed by atoms with van der Waals surface area (Å²) in [4.78, 5) is 38.9. The average Bonchev–Trinajstić information content (AvgIpc) is 3.66. The number of benzene rings is 2. The first kappa shape index (κ1) is 24.6. The largest absolute Gasteiger partial charge is 0.326 e. The van der Waals surface area contributed by atoms with E-state index in [1.54, 1.807) is 42.5 Å². The minimum absolute atomic E-state index is 0.0268. The van der Waals surface area contributed by atoms with Gasteiger partial charge in [-0.15, -0.1) is 0 Å². The normalized spacial score (nSPS) is 20.7. The van der Waals surface area contributed by atoms with Gasteiger partial charge in [-0.05, 0) is 94.0 Å². The van der Waals surface area contributed by atoms with Gasteiger partial charge in [-0.2, -0.15) is 4.31 Å². The molecule has 2 heterocycles. The van der Waals surface area contributed by atoms with Gasteiger partial charge < -0.3 is 10.2 Å². The van der Waals surface area contributed by atoms with Crippen molar-refractivity contribution in [2.75, 3.05) is 23.3 Å². The SMILES string of the molecule is CC(=O)c1ccc(NC(=O)C2CCN(S(=O)(=O)c3ccc4c(c3)C[C@H](C)N4C(=O)C3CC3)CC2)cc1. The van der Waals surface area contributed by atoms with E-state index in [0.717, 1.165) is 24.1 Å². The Morgan fingerprint density at radius 2 is 1.58 bits per heavy atom. The molecule has 9 heteroatoms. The van der Waals surface area contributed by atoms with Gasteiger partial charge in [0.05, 0.1) is 4.90 Å². The highest BCUT2D eigenvalue weighted by molar-refractivity contribution is 7.89. The third kappa shape index (κ3) is 4.69. The Hall–Kier alpha value is -3.04. The zero-order valence-electron chi connectivity index (χ0n) is 20.6. The van der Waals surface area contributed by atoms with E-state index in [2.05, 4.69) is 5.32 Å². The van der Waals surface area contributed by atoms with E-state index < -0.39 is 10.0 Å². The maximum atomic E-state index is 13.4. The van der Waals surface area contributed by atoms with E-state index in [1.165, 1.54) is 11.2 Å². The summed E-state index contributed by atoms with van der Waals surface area (Å²) in [5.74, 6) is -0.211. The lowest BCUT2D eigenvalue weighted by atomic mass is 9.97. The Balaban J connectivity index is 1.22. The molecule has 0 bridgehead atoms. The number of piperidine rings is 1. The van der Waals surface area contributed by atoms with Crippen LogP contribution in [-0.2, 0) is 26.0 Å². The van der Waals surface area contributed by atoms with Crippen LogP contribution in [0.1, 0.15) is 55.5 Å². The number of fused-ring (bicyclic) bond motifs is 1. The molecule has 0 spiro atoms. The molecule has 2 aromatic rings. The summed E-state index contributed by atoms with van der Waals surface area (Å²) in [6, 6.07) is 11.8. The second-order valence-electron chi connectivity index (χ2n) is 10.1. The minimum atomic E-state index is -3.70. The van der Waals surface area contributed by atoms with Crippen molar-refractivity contribution in [2.45, 2.75) is 56.9 Å². The number of hydrogen-bond donors (Lipinski definition) is 1. The van der Waals surface area contributed by atoms with Crippen molar-refractivity contribution < 1.29 is 22.8 Å². The third-order valence-electron chi connectivity index (χ3n) is 7.45. The van der Waals surface area contributed by atoms with Gasteiger partial charge >= 0.3 is 0 Å². The van der Waals surface area contributed by atoms with E-state index >= 15 is 0 Å². The lowest BCUT2D eigenvalue weighted by Gasteiger charge is -2.30. The fourth-order valence-corrected chi connectivity index (χ4v) is 6.69. The highest BCUT2D eigenvalue weighted by Crippen LogP contribution is 2.40. The van der Waals surface area contributed by atoms with Crippen molar-refractivity contribution in [1.29, 1.82) is 0 Å². The van der Waals surface area contributed by atoms with Gasteiger partial charge in [0.1, 0.15) is 0 Å². The van der Waals surface area contributed by atoms with Crippen LogP contribution in [0.4, 0.5) is 11.4 Å². The molecule has 1 N–H and O–H groups in total. The number of rotatable bonds is 6. The first-order valence-electron chi connectivity index (χ1n) is 12.5. The Labute approximate surface area is 211 Å². The second-order valence-corrected chi connectivity index (χ2v) is 12.1. The molecule has 190 valence electrons. The molecule has 2 aromatic carbocycles. The van der Waals surface area contributed by atoms with Crippen molar-refractivity contribution in [3.05, 3.63) is 53.6 Å².